The minimum atomic E-state index is -4.52. The van der Waals surface area contributed by atoms with Crippen LogP contribution in [0.5, 0.6) is 0 Å². The summed E-state index contributed by atoms with van der Waals surface area (Å²) >= 11 is 0. The highest BCUT2D eigenvalue weighted by molar-refractivity contribution is 5.97. The number of nitrogens with zero attached hydrogens (tertiary/aromatic N) is 2. The number of nitrogens with two attached hydrogens (primary N) is 1. The second kappa shape index (κ2) is 9.93. The molecule has 2 aromatic heterocycles. The number of Topliss-reactive ketones (excluding diaryl/α,β-unsaturated/α-hetero) is 1. The molecule has 3 rings (SSSR count). The van der Waals surface area contributed by atoms with Crippen LogP contribution < -0.4 is 16.6 Å². The van der Waals surface area contributed by atoms with Crippen LogP contribution in [0.2, 0.25) is 0 Å². The van der Waals surface area contributed by atoms with Crippen LogP contribution in [0.3, 0.4) is 0 Å². The summed E-state index contributed by atoms with van der Waals surface area (Å²) in [6.45, 7) is 2.50. The summed E-state index contributed by atoms with van der Waals surface area (Å²) in [5.74, 6) is 5.93. The van der Waals surface area contributed by atoms with E-state index in [0.717, 1.165) is 18.2 Å². The molecule has 1 aromatic carbocycles. The van der Waals surface area contributed by atoms with Crippen LogP contribution in [0.1, 0.15) is 47.8 Å². The SMILES string of the molecule is CCc1ccccc1C(=O)CCC(CCNN)Nc1cccc2nc(C(F)(F)F)cn12. The number of anilines is 1. The fraction of sp³-hybridized carbons (Fsp3) is 0.364. The molecule has 2 heterocycles. The first-order valence-electron chi connectivity index (χ1n) is 10.2. The van der Waals surface area contributed by atoms with E-state index in [1.807, 2.05) is 31.2 Å². The predicted octanol–water partition coefficient (Wildman–Crippen LogP) is 4.21. The lowest BCUT2D eigenvalue weighted by Gasteiger charge is -2.20. The summed E-state index contributed by atoms with van der Waals surface area (Å²) in [5.41, 5.74) is 3.55. The van der Waals surface area contributed by atoms with Crippen molar-refractivity contribution in [2.45, 2.75) is 44.8 Å². The van der Waals surface area contributed by atoms with E-state index in [1.54, 1.807) is 12.1 Å². The van der Waals surface area contributed by atoms with E-state index < -0.39 is 11.9 Å². The zero-order valence-electron chi connectivity index (χ0n) is 17.2. The van der Waals surface area contributed by atoms with Gasteiger partial charge in [0.05, 0.1) is 0 Å². The zero-order chi connectivity index (χ0) is 22.4. The maximum atomic E-state index is 13.1. The number of hydrogen-bond acceptors (Lipinski definition) is 5. The number of nitrogens with one attached hydrogen (secondary N) is 2. The van der Waals surface area contributed by atoms with E-state index in [2.05, 4.69) is 15.7 Å². The quantitative estimate of drug-likeness (QED) is 0.253. The van der Waals surface area contributed by atoms with E-state index in [0.29, 0.717) is 37.2 Å². The van der Waals surface area contributed by atoms with Gasteiger partial charge in [0.15, 0.2) is 11.5 Å². The summed E-state index contributed by atoms with van der Waals surface area (Å²) < 4.78 is 40.6. The van der Waals surface area contributed by atoms with Crippen LogP contribution in [0.15, 0.2) is 48.7 Å². The molecule has 1 atom stereocenters. The Morgan fingerprint density at radius 1 is 1.16 bits per heavy atom. The first-order chi connectivity index (χ1) is 14.8. The van der Waals surface area contributed by atoms with Crippen molar-refractivity contribution < 1.29 is 18.0 Å². The van der Waals surface area contributed by atoms with Crippen LogP contribution in [0.4, 0.5) is 19.0 Å². The molecule has 0 saturated carbocycles. The first kappa shape index (κ1) is 22.8. The van der Waals surface area contributed by atoms with Gasteiger partial charge in [-0.15, -0.1) is 0 Å². The molecule has 166 valence electrons. The largest absolute Gasteiger partial charge is 0.434 e. The number of hydrogen-bond donors (Lipinski definition) is 3. The zero-order valence-corrected chi connectivity index (χ0v) is 17.2. The van der Waals surface area contributed by atoms with Crippen LogP contribution in [-0.4, -0.2) is 27.8 Å². The van der Waals surface area contributed by atoms with Crippen LogP contribution in [-0.2, 0) is 12.6 Å². The van der Waals surface area contributed by atoms with Crippen LogP contribution >= 0.6 is 0 Å². The number of halogens is 3. The number of rotatable bonds is 10. The molecule has 4 N–H and O–H groups in total. The first-order valence-corrected chi connectivity index (χ1v) is 10.2. The van der Waals surface area contributed by atoms with Gasteiger partial charge in [-0.2, -0.15) is 13.2 Å². The second-order valence-corrected chi connectivity index (χ2v) is 7.32. The van der Waals surface area contributed by atoms with Gasteiger partial charge in [0.25, 0.3) is 0 Å². The Bertz CT molecular complexity index is 1030. The van der Waals surface area contributed by atoms with Gasteiger partial charge in [-0.3, -0.25) is 20.5 Å². The topological polar surface area (TPSA) is 84.5 Å². The van der Waals surface area contributed by atoms with Crippen molar-refractivity contribution in [3.63, 3.8) is 0 Å². The van der Waals surface area contributed by atoms with E-state index in [4.69, 9.17) is 5.84 Å². The van der Waals surface area contributed by atoms with Crippen LogP contribution in [0.25, 0.3) is 5.65 Å². The third kappa shape index (κ3) is 5.62. The average Bonchev–Trinajstić information content (AvgIpc) is 3.21. The Balaban J connectivity index is 1.77. The average molecular weight is 433 g/mol. The third-order valence-corrected chi connectivity index (χ3v) is 5.19. The van der Waals surface area contributed by atoms with Crippen molar-refractivity contribution in [2.75, 3.05) is 11.9 Å². The Kier molecular flexibility index (Phi) is 7.29. The highest BCUT2D eigenvalue weighted by atomic mass is 19.4. The standard InChI is InChI=1S/C22H26F3N5O/c1-2-15-6-3-4-7-17(15)18(31)11-10-16(12-13-27-26)28-20-8-5-9-21-29-19(14-30(20)21)22(23,24)25/h3-9,14,16,27-28H,2,10-13,26H2,1H3. The van der Waals surface area contributed by atoms with Crippen molar-refractivity contribution in [1.82, 2.24) is 14.8 Å². The summed E-state index contributed by atoms with van der Waals surface area (Å²) in [4.78, 5) is 16.4. The number of benzene rings is 1. The third-order valence-electron chi connectivity index (χ3n) is 5.19. The Morgan fingerprint density at radius 2 is 1.94 bits per heavy atom. The number of ketones is 1. The van der Waals surface area contributed by atoms with Crippen molar-refractivity contribution >= 4 is 17.2 Å². The van der Waals surface area contributed by atoms with Gasteiger partial charge in [-0.05, 0) is 37.0 Å². The molecule has 1 unspecified atom stereocenters. The monoisotopic (exact) mass is 433 g/mol. The maximum Gasteiger partial charge on any atom is 0.434 e. The lowest BCUT2D eigenvalue weighted by atomic mass is 9.97. The lowest BCUT2D eigenvalue weighted by molar-refractivity contribution is -0.140. The molecule has 6 nitrogen and oxygen atoms in total. The summed E-state index contributed by atoms with van der Waals surface area (Å²) in [6.07, 6.45) is -1.37. The van der Waals surface area contributed by atoms with Gasteiger partial charge < -0.3 is 5.32 Å². The molecule has 0 aliphatic carbocycles. The molecule has 0 bridgehead atoms. The van der Waals surface area contributed by atoms with E-state index in [-0.39, 0.29) is 17.5 Å². The van der Waals surface area contributed by atoms with Crippen molar-refractivity contribution in [3.8, 4) is 0 Å². The molecule has 0 amide bonds. The van der Waals surface area contributed by atoms with Crippen LogP contribution in [0, 0.1) is 0 Å². The fourth-order valence-electron chi connectivity index (χ4n) is 3.56. The van der Waals surface area contributed by atoms with Crippen molar-refractivity contribution in [2.24, 2.45) is 5.84 Å². The number of fused-ring (bicyclic) bond motifs is 1. The molecule has 0 spiro atoms. The minimum Gasteiger partial charge on any atom is -0.368 e. The number of aromatic nitrogens is 2. The molecule has 0 aliphatic heterocycles. The Labute approximate surface area is 178 Å². The molecule has 0 radical (unpaired) electrons. The number of alkyl halides is 3. The van der Waals surface area contributed by atoms with Gasteiger partial charge >= 0.3 is 6.18 Å². The summed E-state index contributed by atoms with van der Waals surface area (Å²) in [7, 11) is 0. The van der Waals surface area contributed by atoms with Gasteiger partial charge in [0.2, 0.25) is 0 Å². The van der Waals surface area contributed by atoms with Gasteiger partial charge in [-0.1, -0.05) is 37.3 Å². The lowest BCUT2D eigenvalue weighted by Crippen LogP contribution is -2.30. The number of carbonyl (C=O) groups is 1. The number of imidazole rings is 1. The molecule has 0 aliphatic rings. The molecule has 0 saturated heterocycles. The smallest absolute Gasteiger partial charge is 0.368 e. The second-order valence-electron chi connectivity index (χ2n) is 7.32. The highest BCUT2D eigenvalue weighted by Crippen LogP contribution is 2.29. The van der Waals surface area contributed by atoms with Gasteiger partial charge in [-0.25, -0.2) is 4.98 Å². The molecule has 9 heteroatoms. The molecular formula is C22H26F3N5O. The number of carbonyl (C=O) groups excluding carboxylic acids is 1. The van der Waals surface area contributed by atoms with Gasteiger partial charge in [0.1, 0.15) is 11.5 Å². The maximum absolute atomic E-state index is 13.1. The minimum absolute atomic E-state index is 0.0464. The summed E-state index contributed by atoms with van der Waals surface area (Å²) in [6, 6.07) is 12.2. The molecule has 0 fully saturated rings. The Hall–Kier alpha value is -2.91. The van der Waals surface area contributed by atoms with E-state index in [9.17, 15) is 18.0 Å². The normalized spacial score (nSPS) is 12.8. The van der Waals surface area contributed by atoms with E-state index in [1.165, 1.54) is 10.5 Å². The Morgan fingerprint density at radius 3 is 2.65 bits per heavy atom. The fourth-order valence-corrected chi connectivity index (χ4v) is 3.56. The number of pyridine rings is 1. The highest BCUT2D eigenvalue weighted by Gasteiger charge is 2.34. The molecular weight excluding hydrogens is 407 g/mol. The van der Waals surface area contributed by atoms with Crippen molar-refractivity contribution in [3.05, 3.63) is 65.5 Å². The molecule has 31 heavy (non-hydrogen) atoms. The van der Waals surface area contributed by atoms with Crippen molar-refractivity contribution in [1.29, 1.82) is 0 Å². The summed E-state index contributed by atoms with van der Waals surface area (Å²) in [5, 5.41) is 3.26. The van der Waals surface area contributed by atoms with E-state index >= 15 is 0 Å². The molecule has 3 aromatic rings. The number of hydrazine groups is 1. The number of aryl methyl sites for hydroxylation is 1. The predicted molar refractivity (Wildman–Crippen MR) is 114 cm³/mol. The van der Waals surface area contributed by atoms with Gasteiger partial charge in [0, 0.05) is 30.8 Å².